The van der Waals surface area contributed by atoms with Crippen LogP contribution >= 0.6 is 15.9 Å². The number of hydrogen-bond donors (Lipinski definition) is 1. The summed E-state index contributed by atoms with van der Waals surface area (Å²) in [5.41, 5.74) is 1.59. The van der Waals surface area contributed by atoms with Crippen LogP contribution in [0.25, 0.3) is 0 Å². The summed E-state index contributed by atoms with van der Waals surface area (Å²) in [7, 11) is 1.79. The van der Waals surface area contributed by atoms with Crippen molar-refractivity contribution in [1.82, 2.24) is 14.3 Å². The number of aromatic nitrogens is 3. The van der Waals surface area contributed by atoms with Gasteiger partial charge in [0.05, 0.1) is 22.4 Å². The molecule has 0 saturated heterocycles. The van der Waals surface area contributed by atoms with Crippen LogP contribution in [0, 0.1) is 13.8 Å². The first kappa shape index (κ1) is 14.5. The van der Waals surface area contributed by atoms with E-state index in [1.54, 1.807) is 24.7 Å². The Hall–Kier alpha value is -1.89. The second kappa shape index (κ2) is 5.24. The van der Waals surface area contributed by atoms with Gasteiger partial charge in [0.1, 0.15) is 5.56 Å². The van der Waals surface area contributed by atoms with Gasteiger partial charge in [-0.1, -0.05) is 0 Å². The molecule has 2 aromatic heterocycles. The van der Waals surface area contributed by atoms with E-state index >= 15 is 0 Å². The van der Waals surface area contributed by atoms with Crippen molar-refractivity contribution in [3.63, 3.8) is 0 Å². The number of pyridine rings is 1. The third-order valence-electron chi connectivity index (χ3n) is 3.19. The molecule has 0 atom stereocenters. The van der Waals surface area contributed by atoms with Gasteiger partial charge in [0.2, 0.25) is 0 Å². The van der Waals surface area contributed by atoms with Crippen LogP contribution in [-0.4, -0.2) is 25.4 Å². The molecule has 7 heteroatoms. The van der Waals surface area contributed by atoms with Crippen molar-refractivity contribution in [2.45, 2.75) is 20.4 Å². The molecule has 0 aliphatic carbocycles. The number of carboxylic acids is 1. The quantitative estimate of drug-likeness (QED) is 0.923. The van der Waals surface area contributed by atoms with Crippen LogP contribution in [-0.2, 0) is 13.6 Å². The fraction of sp³-hybridized carbons (Fsp3) is 0.308. The van der Waals surface area contributed by atoms with E-state index in [1.165, 1.54) is 10.6 Å². The first-order valence-electron chi connectivity index (χ1n) is 5.94. The van der Waals surface area contributed by atoms with Gasteiger partial charge in [-0.3, -0.25) is 9.48 Å². The third-order valence-corrected chi connectivity index (χ3v) is 4.22. The molecular weight excluding hydrogens is 326 g/mol. The minimum atomic E-state index is -1.22. The van der Waals surface area contributed by atoms with E-state index in [2.05, 4.69) is 21.0 Å². The first-order chi connectivity index (χ1) is 9.32. The Labute approximate surface area is 123 Å². The Balaban J connectivity index is 2.57. The molecule has 106 valence electrons. The number of hydrogen-bond acceptors (Lipinski definition) is 3. The molecular formula is C13H14BrN3O3. The molecule has 0 radical (unpaired) electrons. The fourth-order valence-electron chi connectivity index (χ4n) is 2.03. The zero-order chi connectivity index (χ0) is 15.0. The largest absolute Gasteiger partial charge is 0.477 e. The molecule has 2 aromatic rings. The highest BCUT2D eigenvalue weighted by Crippen LogP contribution is 2.21. The average Bonchev–Trinajstić information content (AvgIpc) is 2.59. The van der Waals surface area contributed by atoms with Crippen LogP contribution in [0.2, 0.25) is 0 Å². The van der Waals surface area contributed by atoms with E-state index in [1.807, 2.05) is 6.92 Å². The molecule has 0 fully saturated rings. The number of aryl methyl sites for hydroxylation is 3. The Morgan fingerprint density at radius 1 is 1.40 bits per heavy atom. The molecule has 0 aliphatic rings. The lowest BCUT2D eigenvalue weighted by atomic mass is 10.2. The first-order valence-corrected chi connectivity index (χ1v) is 6.74. The highest BCUT2D eigenvalue weighted by atomic mass is 79.9. The summed E-state index contributed by atoms with van der Waals surface area (Å²) in [4.78, 5) is 23.2. The van der Waals surface area contributed by atoms with E-state index in [4.69, 9.17) is 5.11 Å². The zero-order valence-electron chi connectivity index (χ0n) is 11.3. The van der Waals surface area contributed by atoms with Crippen molar-refractivity contribution >= 4 is 21.9 Å². The maximum Gasteiger partial charge on any atom is 0.341 e. The molecule has 0 unspecified atom stereocenters. The minimum absolute atomic E-state index is 0.231. The summed E-state index contributed by atoms with van der Waals surface area (Å²) in [5, 5.41) is 13.3. The van der Waals surface area contributed by atoms with E-state index in [9.17, 15) is 9.59 Å². The highest BCUT2D eigenvalue weighted by molar-refractivity contribution is 9.10. The summed E-state index contributed by atoms with van der Waals surface area (Å²) < 4.78 is 3.94. The normalized spacial score (nSPS) is 10.8. The van der Waals surface area contributed by atoms with Gasteiger partial charge in [0.15, 0.2) is 0 Å². The van der Waals surface area contributed by atoms with Crippen LogP contribution in [0.5, 0.6) is 0 Å². The summed E-state index contributed by atoms with van der Waals surface area (Å²) in [6.45, 7) is 3.89. The van der Waals surface area contributed by atoms with E-state index < -0.39 is 11.5 Å². The molecule has 20 heavy (non-hydrogen) atoms. The Kier molecular flexibility index (Phi) is 3.80. The van der Waals surface area contributed by atoms with Gasteiger partial charge in [-0.05, 0) is 41.9 Å². The van der Waals surface area contributed by atoms with Crippen molar-refractivity contribution in [3.05, 3.63) is 49.6 Å². The van der Waals surface area contributed by atoms with Crippen molar-refractivity contribution in [2.24, 2.45) is 7.05 Å². The molecule has 0 saturated carbocycles. The second-order valence-corrected chi connectivity index (χ2v) is 5.35. The van der Waals surface area contributed by atoms with Gasteiger partial charge in [0, 0.05) is 12.7 Å². The lowest BCUT2D eigenvalue weighted by molar-refractivity contribution is 0.0694. The average molecular weight is 340 g/mol. The smallest absolute Gasteiger partial charge is 0.341 e. The van der Waals surface area contributed by atoms with Crippen molar-refractivity contribution in [1.29, 1.82) is 0 Å². The molecule has 0 amide bonds. The summed E-state index contributed by atoms with van der Waals surface area (Å²) >= 11 is 3.44. The van der Waals surface area contributed by atoms with Gasteiger partial charge in [0.25, 0.3) is 5.56 Å². The van der Waals surface area contributed by atoms with Gasteiger partial charge in [-0.2, -0.15) is 5.10 Å². The lowest BCUT2D eigenvalue weighted by Crippen LogP contribution is -2.28. The Bertz CT molecular complexity index is 746. The van der Waals surface area contributed by atoms with Gasteiger partial charge < -0.3 is 9.67 Å². The number of halogens is 1. The van der Waals surface area contributed by atoms with Crippen molar-refractivity contribution in [2.75, 3.05) is 0 Å². The molecule has 2 heterocycles. The zero-order valence-corrected chi connectivity index (χ0v) is 12.9. The third kappa shape index (κ3) is 2.40. The maximum absolute atomic E-state index is 12.2. The molecule has 6 nitrogen and oxygen atoms in total. The van der Waals surface area contributed by atoms with E-state index in [0.29, 0.717) is 5.69 Å². The van der Waals surface area contributed by atoms with Crippen LogP contribution in [0.3, 0.4) is 0 Å². The number of carboxylic acid groups (broad SMARTS) is 1. The molecule has 1 N–H and O–H groups in total. The summed E-state index contributed by atoms with van der Waals surface area (Å²) in [6, 6.07) is 2.96. The van der Waals surface area contributed by atoms with Gasteiger partial charge >= 0.3 is 5.97 Å². The number of nitrogens with zero attached hydrogens (tertiary/aromatic N) is 3. The van der Waals surface area contributed by atoms with Crippen LogP contribution < -0.4 is 5.56 Å². The fourth-order valence-corrected chi connectivity index (χ4v) is 2.49. The van der Waals surface area contributed by atoms with Crippen LogP contribution in [0.4, 0.5) is 0 Å². The number of carbonyl (C=O) groups is 1. The minimum Gasteiger partial charge on any atom is -0.477 e. The standard InChI is InChI=1S/C13H14BrN3O3/c1-7-4-5-9(13(19)20)12(18)17(7)6-10-11(14)8(2)15-16(10)3/h4-5H,6H2,1-3H3,(H,19,20). The molecule has 2 rings (SSSR count). The summed E-state index contributed by atoms with van der Waals surface area (Å²) in [5.74, 6) is -1.22. The molecule has 0 bridgehead atoms. The topological polar surface area (TPSA) is 77.1 Å². The second-order valence-electron chi connectivity index (χ2n) is 4.55. The predicted octanol–water partition coefficient (Wildman–Crippen LogP) is 1.71. The highest BCUT2D eigenvalue weighted by Gasteiger charge is 2.16. The SMILES string of the molecule is Cc1nn(C)c(Cn2c(C)ccc(C(=O)O)c2=O)c1Br. The van der Waals surface area contributed by atoms with Gasteiger partial charge in [-0.15, -0.1) is 0 Å². The molecule has 0 spiro atoms. The maximum atomic E-state index is 12.2. The monoisotopic (exact) mass is 339 g/mol. The van der Waals surface area contributed by atoms with E-state index in [-0.39, 0.29) is 12.1 Å². The predicted molar refractivity (Wildman–Crippen MR) is 77.1 cm³/mol. The Morgan fingerprint density at radius 3 is 2.55 bits per heavy atom. The summed E-state index contributed by atoms with van der Waals surface area (Å²) in [6.07, 6.45) is 0. The van der Waals surface area contributed by atoms with E-state index in [0.717, 1.165) is 15.9 Å². The van der Waals surface area contributed by atoms with Crippen molar-refractivity contribution in [3.8, 4) is 0 Å². The molecule has 0 aliphatic heterocycles. The lowest BCUT2D eigenvalue weighted by Gasteiger charge is -2.11. The Morgan fingerprint density at radius 2 is 2.05 bits per heavy atom. The number of rotatable bonds is 3. The van der Waals surface area contributed by atoms with Crippen LogP contribution in [0.1, 0.15) is 27.4 Å². The van der Waals surface area contributed by atoms with Crippen molar-refractivity contribution < 1.29 is 9.90 Å². The molecule has 0 aromatic carbocycles. The number of aromatic carboxylic acids is 1. The van der Waals surface area contributed by atoms with Crippen LogP contribution in [0.15, 0.2) is 21.4 Å². The van der Waals surface area contributed by atoms with Gasteiger partial charge in [-0.25, -0.2) is 4.79 Å².